The number of rotatable bonds is 8. The van der Waals surface area contributed by atoms with Crippen LogP contribution in [0.5, 0.6) is 11.5 Å². The fraction of sp³-hybridized carbons (Fsp3) is 0.333. The Balaban J connectivity index is 2.09. The van der Waals surface area contributed by atoms with Gasteiger partial charge in [-0.15, -0.1) is 0 Å². The molecule has 0 saturated heterocycles. The summed E-state index contributed by atoms with van der Waals surface area (Å²) in [6.45, 7) is 4.11. The summed E-state index contributed by atoms with van der Waals surface area (Å²) in [5.41, 5.74) is 2.26. The van der Waals surface area contributed by atoms with Gasteiger partial charge >= 0.3 is 0 Å². The van der Waals surface area contributed by atoms with Crippen LogP contribution in [0.25, 0.3) is 0 Å². The molecule has 0 aliphatic heterocycles. The zero-order valence-corrected chi connectivity index (χ0v) is 15.6. The lowest BCUT2D eigenvalue weighted by Gasteiger charge is -2.22. The molecule has 22 heavy (non-hydrogen) atoms. The van der Waals surface area contributed by atoms with Crippen molar-refractivity contribution >= 4 is 22.8 Å². The third kappa shape index (κ3) is 5.30. The first-order valence-corrected chi connectivity index (χ1v) is 10.9. The van der Waals surface area contributed by atoms with Crippen molar-refractivity contribution in [3.63, 3.8) is 0 Å². The Morgan fingerprint density at radius 1 is 0.909 bits per heavy atom. The van der Waals surface area contributed by atoms with Crippen molar-refractivity contribution in [3.8, 4) is 11.5 Å². The number of benzene rings is 2. The van der Waals surface area contributed by atoms with Crippen LogP contribution in [0.15, 0.2) is 48.5 Å². The van der Waals surface area contributed by atoms with Crippen molar-refractivity contribution < 1.29 is 9.47 Å². The van der Waals surface area contributed by atoms with Gasteiger partial charge in [0.05, 0.1) is 0 Å². The summed E-state index contributed by atoms with van der Waals surface area (Å²) < 4.78 is 12.2. The van der Waals surface area contributed by atoms with Gasteiger partial charge in [0.25, 0.3) is 0 Å². The smallest absolute Gasteiger partial charge is 0.241 e. The van der Waals surface area contributed by atoms with Crippen LogP contribution in [0.4, 0.5) is 0 Å². The Morgan fingerprint density at radius 3 is 1.86 bits per heavy atom. The maximum atomic E-state index is 6.12. The van der Waals surface area contributed by atoms with E-state index >= 15 is 0 Å². The topological polar surface area (TPSA) is 18.5 Å². The molecular formula is C18H22BrO2P. The molecule has 2 rings (SSSR count). The highest BCUT2D eigenvalue weighted by molar-refractivity contribution is 9.36. The average Bonchev–Trinajstić information content (AvgIpc) is 2.52. The minimum absolute atomic E-state index is 0.258. The van der Waals surface area contributed by atoms with Crippen molar-refractivity contribution in [3.05, 3.63) is 59.7 Å². The average molecular weight is 381 g/mol. The summed E-state index contributed by atoms with van der Waals surface area (Å²) in [7, 11) is 0.790. The molecule has 0 aliphatic carbocycles. The Kier molecular flexibility index (Phi) is 7.21. The quantitative estimate of drug-likeness (QED) is 0.324. The minimum atomic E-state index is -0.258. The maximum absolute atomic E-state index is 6.12. The summed E-state index contributed by atoms with van der Waals surface area (Å²) in [5, 5.41) is 0. The molecule has 0 spiro atoms. The van der Waals surface area contributed by atoms with Gasteiger partial charge in [-0.2, -0.15) is 0 Å². The lowest BCUT2D eigenvalue weighted by Crippen LogP contribution is -2.24. The van der Waals surface area contributed by atoms with Crippen LogP contribution in [0.3, 0.4) is 0 Å². The molecule has 0 fully saturated rings. The molecule has 0 aliphatic rings. The molecule has 2 aromatic carbocycles. The Labute approximate surface area is 142 Å². The molecule has 2 aromatic rings. The summed E-state index contributed by atoms with van der Waals surface area (Å²) in [6.07, 6.45) is 2.84. The molecule has 0 heterocycles. The van der Waals surface area contributed by atoms with Gasteiger partial charge in [0.15, 0.2) is 0 Å². The highest BCUT2D eigenvalue weighted by atomic mass is 79.9. The van der Waals surface area contributed by atoms with Crippen LogP contribution in [0.2, 0.25) is 0 Å². The molecule has 0 aromatic heterocycles. The van der Waals surface area contributed by atoms with Gasteiger partial charge in [0.2, 0.25) is 6.29 Å². The second kappa shape index (κ2) is 9.17. The minimum Gasteiger partial charge on any atom is -0.455 e. The van der Waals surface area contributed by atoms with Crippen LogP contribution < -0.4 is 9.47 Å². The van der Waals surface area contributed by atoms with Crippen LogP contribution in [0.1, 0.15) is 24.0 Å². The zero-order valence-electron chi connectivity index (χ0n) is 13.0. The molecule has 1 atom stereocenters. The predicted molar refractivity (Wildman–Crippen MR) is 98.7 cm³/mol. The third-order valence-corrected chi connectivity index (χ3v) is 5.15. The van der Waals surface area contributed by atoms with Crippen molar-refractivity contribution in [1.82, 2.24) is 0 Å². The molecule has 0 N–H and O–H groups in total. The van der Waals surface area contributed by atoms with Crippen LogP contribution in [-0.4, -0.2) is 12.5 Å². The molecule has 118 valence electrons. The van der Waals surface area contributed by atoms with Gasteiger partial charge in [-0.1, -0.05) is 59.2 Å². The molecule has 0 bridgehead atoms. The van der Waals surface area contributed by atoms with E-state index < -0.39 is 0 Å². The van der Waals surface area contributed by atoms with Crippen LogP contribution in [0, 0.1) is 13.8 Å². The van der Waals surface area contributed by atoms with Crippen molar-refractivity contribution in [2.24, 2.45) is 0 Å². The van der Waals surface area contributed by atoms with E-state index in [0.29, 0.717) is 0 Å². The Hall–Kier alpha value is -1.05. The number of hydrogen-bond acceptors (Lipinski definition) is 2. The van der Waals surface area contributed by atoms with E-state index in [1.807, 2.05) is 36.4 Å². The fourth-order valence-electron chi connectivity index (χ4n) is 2.14. The Bertz CT molecular complexity index is 541. The second-order valence-electron chi connectivity index (χ2n) is 5.22. The molecule has 1 unspecified atom stereocenters. The van der Waals surface area contributed by atoms with Gasteiger partial charge in [-0.3, -0.25) is 0 Å². The third-order valence-electron chi connectivity index (χ3n) is 3.42. The van der Waals surface area contributed by atoms with E-state index in [1.165, 1.54) is 0 Å². The van der Waals surface area contributed by atoms with E-state index in [2.05, 4.69) is 41.5 Å². The molecule has 2 nitrogen and oxygen atoms in total. The summed E-state index contributed by atoms with van der Waals surface area (Å²) >= 11 is 3.50. The van der Waals surface area contributed by atoms with Crippen LogP contribution >= 0.6 is 22.8 Å². The summed E-state index contributed by atoms with van der Waals surface area (Å²) in [6, 6.07) is 16.1. The van der Waals surface area contributed by atoms with E-state index in [-0.39, 0.29) is 6.29 Å². The SMILES string of the molecule is Cc1ccccc1OC(CCCPBr)Oc1ccccc1C. The molecule has 4 heteroatoms. The maximum Gasteiger partial charge on any atom is 0.241 e. The monoisotopic (exact) mass is 380 g/mol. The fourth-order valence-corrected chi connectivity index (χ4v) is 3.32. The van der Waals surface area contributed by atoms with Gasteiger partial charge in [-0.25, -0.2) is 0 Å². The number of aryl methyl sites for hydroxylation is 2. The lowest BCUT2D eigenvalue weighted by atomic mass is 10.2. The lowest BCUT2D eigenvalue weighted by molar-refractivity contribution is -0.00183. The van der Waals surface area contributed by atoms with Crippen molar-refractivity contribution in [1.29, 1.82) is 0 Å². The standard InChI is InChI=1S/C18H22BrO2P/c1-14-8-3-5-10-16(14)20-18(12-7-13-22-19)21-17-11-6-4-9-15(17)2/h3-6,8-11,18,22H,7,12-13H2,1-2H3. The normalized spacial score (nSPS) is 11.3. The van der Waals surface area contributed by atoms with Gasteiger partial charge in [-0.05, 0) is 49.7 Å². The number of halogens is 1. The van der Waals surface area contributed by atoms with E-state index in [9.17, 15) is 0 Å². The number of para-hydroxylation sites is 2. The summed E-state index contributed by atoms with van der Waals surface area (Å²) in [4.78, 5) is 0. The van der Waals surface area contributed by atoms with E-state index in [4.69, 9.17) is 9.47 Å². The molecular weight excluding hydrogens is 359 g/mol. The van der Waals surface area contributed by atoms with Crippen molar-refractivity contribution in [2.75, 3.05) is 6.16 Å². The first-order valence-electron chi connectivity index (χ1n) is 7.49. The highest BCUT2D eigenvalue weighted by Crippen LogP contribution is 2.26. The highest BCUT2D eigenvalue weighted by Gasteiger charge is 2.14. The largest absolute Gasteiger partial charge is 0.455 e. The number of ether oxygens (including phenoxy) is 2. The number of hydrogen-bond donors (Lipinski definition) is 0. The second-order valence-corrected chi connectivity index (χ2v) is 7.67. The predicted octanol–water partition coefficient (Wildman–Crippen LogP) is 5.86. The first kappa shape index (κ1) is 17.3. The van der Waals surface area contributed by atoms with Gasteiger partial charge in [0.1, 0.15) is 11.5 Å². The van der Waals surface area contributed by atoms with Crippen LogP contribution in [-0.2, 0) is 0 Å². The van der Waals surface area contributed by atoms with Gasteiger partial charge < -0.3 is 9.47 Å². The van der Waals surface area contributed by atoms with E-state index in [0.717, 1.165) is 48.9 Å². The van der Waals surface area contributed by atoms with E-state index in [1.54, 1.807) is 0 Å². The first-order chi connectivity index (χ1) is 10.7. The molecule has 0 radical (unpaired) electrons. The van der Waals surface area contributed by atoms with Crippen molar-refractivity contribution in [2.45, 2.75) is 33.0 Å². The Morgan fingerprint density at radius 2 is 1.41 bits per heavy atom. The summed E-state index contributed by atoms with van der Waals surface area (Å²) in [5.74, 6) is 1.78. The molecule has 0 saturated carbocycles. The molecule has 0 amide bonds. The van der Waals surface area contributed by atoms with Gasteiger partial charge in [0, 0.05) is 6.42 Å². The zero-order chi connectivity index (χ0) is 15.8.